The summed E-state index contributed by atoms with van der Waals surface area (Å²) < 4.78 is 5.31. The lowest BCUT2D eigenvalue weighted by Gasteiger charge is -2.19. The van der Waals surface area contributed by atoms with Crippen LogP contribution in [0.5, 0.6) is 0 Å². The summed E-state index contributed by atoms with van der Waals surface area (Å²) in [4.78, 5) is 1.31. The lowest BCUT2D eigenvalue weighted by molar-refractivity contribution is 0.0950. The van der Waals surface area contributed by atoms with Crippen molar-refractivity contribution in [3.63, 3.8) is 0 Å². The maximum atomic E-state index is 5.87. The third-order valence-corrected chi connectivity index (χ3v) is 3.10. The van der Waals surface area contributed by atoms with Crippen molar-refractivity contribution in [1.82, 2.24) is 0 Å². The van der Waals surface area contributed by atoms with Crippen molar-refractivity contribution in [1.29, 1.82) is 0 Å². The van der Waals surface area contributed by atoms with E-state index in [2.05, 4.69) is 12.3 Å². The van der Waals surface area contributed by atoms with E-state index in [-0.39, 0.29) is 6.04 Å². The van der Waals surface area contributed by atoms with Crippen molar-refractivity contribution in [3.8, 4) is 0 Å². The molecule has 0 bridgehead atoms. The molecule has 0 radical (unpaired) electrons. The minimum Gasteiger partial charge on any atom is -0.374 e. The van der Waals surface area contributed by atoms with Crippen LogP contribution in [-0.2, 0) is 11.3 Å². The molecule has 1 aliphatic heterocycles. The molecule has 11 heavy (non-hydrogen) atoms. The molecule has 0 saturated carbocycles. The van der Waals surface area contributed by atoms with E-state index in [9.17, 15) is 0 Å². The number of thiophene rings is 1. The summed E-state index contributed by atoms with van der Waals surface area (Å²) in [6.45, 7) is 3.53. The van der Waals surface area contributed by atoms with Gasteiger partial charge in [0.1, 0.15) is 0 Å². The summed E-state index contributed by atoms with van der Waals surface area (Å²) in [6, 6.07) is 0.102. The van der Waals surface area contributed by atoms with Crippen molar-refractivity contribution < 1.29 is 4.74 Å². The molecule has 1 aromatic rings. The fourth-order valence-corrected chi connectivity index (χ4v) is 2.52. The Morgan fingerprint density at radius 1 is 1.73 bits per heavy atom. The zero-order valence-electron chi connectivity index (χ0n) is 6.46. The van der Waals surface area contributed by atoms with Crippen LogP contribution in [0.2, 0.25) is 0 Å². The van der Waals surface area contributed by atoms with Crippen molar-refractivity contribution in [2.24, 2.45) is 5.73 Å². The normalized spacial score (nSPS) is 23.3. The van der Waals surface area contributed by atoms with E-state index in [1.165, 1.54) is 16.0 Å². The number of fused-ring (bicyclic) bond motifs is 1. The van der Waals surface area contributed by atoms with Gasteiger partial charge in [0.05, 0.1) is 19.3 Å². The summed E-state index contributed by atoms with van der Waals surface area (Å²) in [5.41, 5.74) is 8.51. The molecule has 2 nitrogen and oxygen atoms in total. The van der Waals surface area contributed by atoms with E-state index in [1.807, 2.05) is 0 Å². The third kappa shape index (κ3) is 1.09. The topological polar surface area (TPSA) is 35.2 Å². The Hall–Kier alpha value is -0.380. The third-order valence-electron chi connectivity index (χ3n) is 2.00. The zero-order chi connectivity index (χ0) is 7.84. The monoisotopic (exact) mass is 169 g/mol. The second kappa shape index (κ2) is 2.59. The van der Waals surface area contributed by atoms with Gasteiger partial charge >= 0.3 is 0 Å². The summed E-state index contributed by atoms with van der Waals surface area (Å²) in [5.74, 6) is 0. The number of nitrogens with two attached hydrogens (primary N) is 1. The Balaban J connectivity index is 2.48. The van der Waals surface area contributed by atoms with Crippen LogP contribution < -0.4 is 5.73 Å². The predicted molar refractivity (Wildman–Crippen MR) is 45.6 cm³/mol. The first-order valence-corrected chi connectivity index (χ1v) is 4.57. The molecular formula is C8H11NOS. The molecular weight excluding hydrogens is 158 g/mol. The Morgan fingerprint density at radius 2 is 2.55 bits per heavy atom. The highest BCUT2D eigenvalue weighted by molar-refractivity contribution is 7.10. The first-order chi connectivity index (χ1) is 5.29. The van der Waals surface area contributed by atoms with E-state index in [0.717, 1.165) is 6.61 Å². The van der Waals surface area contributed by atoms with Gasteiger partial charge < -0.3 is 10.5 Å². The number of aryl methyl sites for hydroxylation is 1. The molecule has 2 N–H and O–H groups in total. The van der Waals surface area contributed by atoms with E-state index >= 15 is 0 Å². The lowest BCUT2D eigenvalue weighted by atomic mass is 10.0. The molecule has 0 saturated heterocycles. The summed E-state index contributed by atoms with van der Waals surface area (Å²) in [7, 11) is 0. The van der Waals surface area contributed by atoms with Crippen molar-refractivity contribution in [3.05, 3.63) is 21.4 Å². The second-order valence-corrected chi connectivity index (χ2v) is 3.84. The lowest BCUT2D eigenvalue weighted by Crippen LogP contribution is -2.22. The van der Waals surface area contributed by atoms with Gasteiger partial charge in [-0.05, 0) is 23.4 Å². The summed E-state index contributed by atoms with van der Waals surface area (Å²) in [5, 5.41) is 2.15. The molecule has 60 valence electrons. The van der Waals surface area contributed by atoms with Gasteiger partial charge in [-0.1, -0.05) is 0 Å². The summed E-state index contributed by atoms with van der Waals surface area (Å²) >= 11 is 1.75. The molecule has 1 atom stereocenters. The number of rotatable bonds is 0. The van der Waals surface area contributed by atoms with Crippen molar-refractivity contribution in [2.45, 2.75) is 19.6 Å². The summed E-state index contributed by atoms with van der Waals surface area (Å²) in [6.07, 6.45) is 0. The molecule has 0 aromatic carbocycles. The van der Waals surface area contributed by atoms with Crippen LogP contribution in [0.1, 0.15) is 22.0 Å². The maximum Gasteiger partial charge on any atom is 0.0813 e. The molecule has 1 aliphatic rings. The first-order valence-electron chi connectivity index (χ1n) is 3.69. The molecule has 0 amide bonds. The number of hydrogen-bond acceptors (Lipinski definition) is 3. The van der Waals surface area contributed by atoms with Gasteiger partial charge in [-0.3, -0.25) is 0 Å². The molecule has 1 unspecified atom stereocenters. The van der Waals surface area contributed by atoms with Crippen molar-refractivity contribution in [2.75, 3.05) is 6.61 Å². The SMILES string of the molecule is Cc1csc2c1C(N)COC2. The van der Waals surface area contributed by atoms with Gasteiger partial charge in [-0.25, -0.2) is 0 Å². The fourth-order valence-electron chi connectivity index (χ4n) is 1.48. The zero-order valence-corrected chi connectivity index (χ0v) is 7.28. The highest BCUT2D eigenvalue weighted by atomic mass is 32.1. The van der Waals surface area contributed by atoms with Crippen LogP contribution in [-0.4, -0.2) is 6.61 Å². The van der Waals surface area contributed by atoms with E-state index < -0.39 is 0 Å². The number of ether oxygens (including phenoxy) is 1. The average Bonchev–Trinajstić information content (AvgIpc) is 2.34. The van der Waals surface area contributed by atoms with Gasteiger partial charge in [-0.15, -0.1) is 11.3 Å². The van der Waals surface area contributed by atoms with Crippen LogP contribution in [0, 0.1) is 6.92 Å². The highest BCUT2D eigenvalue weighted by Crippen LogP contribution is 2.30. The van der Waals surface area contributed by atoms with E-state index in [4.69, 9.17) is 10.5 Å². The fraction of sp³-hybridized carbons (Fsp3) is 0.500. The van der Waals surface area contributed by atoms with Crippen molar-refractivity contribution >= 4 is 11.3 Å². The van der Waals surface area contributed by atoms with Crippen LogP contribution >= 0.6 is 11.3 Å². The Morgan fingerprint density at radius 3 is 3.27 bits per heavy atom. The van der Waals surface area contributed by atoms with Gasteiger partial charge in [0.2, 0.25) is 0 Å². The maximum absolute atomic E-state index is 5.87. The minimum absolute atomic E-state index is 0.102. The minimum atomic E-state index is 0.102. The van der Waals surface area contributed by atoms with Crippen LogP contribution in [0.15, 0.2) is 5.38 Å². The van der Waals surface area contributed by atoms with Gasteiger partial charge in [-0.2, -0.15) is 0 Å². The molecule has 0 fully saturated rings. The first kappa shape index (κ1) is 7.28. The Bertz CT molecular complexity index is 269. The molecule has 0 aliphatic carbocycles. The van der Waals surface area contributed by atoms with Gasteiger partial charge in [0, 0.05) is 4.88 Å². The second-order valence-electron chi connectivity index (χ2n) is 2.88. The molecule has 2 heterocycles. The predicted octanol–water partition coefficient (Wildman–Crippen LogP) is 1.59. The van der Waals surface area contributed by atoms with Gasteiger partial charge in [0.25, 0.3) is 0 Å². The standard InChI is InChI=1S/C8H11NOS/c1-5-4-11-7-3-10-2-6(9)8(5)7/h4,6H,2-3,9H2,1H3. The highest BCUT2D eigenvalue weighted by Gasteiger charge is 2.20. The molecule has 1 aromatic heterocycles. The Kier molecular flexibility index (Phi) is 1.71. The smallest absolute Gasteiger partial charge is 0.0813 e. The molecule has 3 heteroatoms. The van der Waals surface area contributed by atoms with Gasteiger partial charge in [0.15, 0.2) is 0 Å². The van der Waals surface area contributed by atoms with E-state index in [1.54, 1.807) is 11.3 Å². The number of hydrogen-bond donors (Lipinski definition) is 1. The van der Waals surface area contributed by atoms with Crippen LogP contribution in [0.4, 0.5) is 0 Å². The van der Waals surface area contributed by atoms with E-state index in [0.29, 0.717) is 6.61 Å². The van der Waals surface area contributed by atoms with Crippen LogP contribution in [0.3, 0.4) is 0 Å². The molecule has 2 rings (SSSR count). The molecule has 0 spiro atoms. The average molecular weight is 169 g/mol. The Labute approximate surface area is 70.0 Å². The largest absolute Gasteiger partial charge is 0.374 e. The van der Waals surface area contributed by atoms with Crippen LogP contribution in [0.25, 0.3) is 0 Å². The quantitative estimate of drug-likeness (QED) is 0.640.